The van der Waals surface area contributed by atoms with Crippen LogP contribution in [0.4, 0.5) is 10.5 Å². The molecule has 0 radical (unpaired) electrons. The van der Waals surface area contributed by atoms with Crippen LogP contribution in [-0.2, 0) is 0 Å². The number of aromatic amines is 1. The summed E-state index contributed by atoms with van der Waals surface area (Å²) < 4.78 is 0. The largest absolute Gasteiger partial charge is 0.324 e. The third-order valence-electron chi connectivity index (χ3n) is 4.94. The first-order chi connectivity index (χ1) is 12.2. The lowest BCUT2D eigenvalue weighted by Gasteiger charge is -2.33. The lowest BCUT2D eigenvalue weighted by Crippen LogP contribution is -2.41. The zero-order valence-corrected chi connectivity index (χ0v) is 14.3. The number of aromatic nitrogens is 2. The highest BCUT2D eigenvalue weighted by atomic mass is 16.2. The number of amides is 2. The lowest BCUT2D eigenvalue weighted by atomic mass is 9.90. The van der Waals surface area contributed by atoms with Crippen LogP contribution in [-0.4, -0.2) is 34.2 Å². The molecule has 3 aromatic rings. The van der Waals surface area contributed by atoms with E-state index in [1.54, 1.807) is 6.20 Å². The third-order valence-corrected chi connectivity index (χ3v) is 4.94. The van der Waals surface area contributed by atoms with Crippen molar-refractivity contribution in [3.05, 3.63) is 59.8 Å². The molecule has 1 aromatic heterocycles. The number of benzene rings is 2. The van der Waals surface area contributed by atoms with Crippen molar-refractivity contribution >= 4 is 22.6 Å². The number of aryl methyl sites for hydroxylation is 1. The van der Waals surface area contributed by atoms with Crippen molar-refractivity contribution in [2.24, 2.45) is 0 Å². The molecule has 1 saturated heterocycles. The van der Waals surface area contributed by atoms with Gasteiger partial charge < -0.3 is 10.2 Å². The highest BCUT2D eigenvalue weighted by molar-refractivity contribution is 5.99. The molecule has 2 amide bonds. The summed E-state index contributed by atoms with van der Waals surface area (Å²) in [4.78, 5) is 14.7. The molecule has 2 N–H and O–H groups in total. The quantitative estimate of drug-likeness (QED) is 0.735. The number of nitrogens with zero attached hydrogens (tertiary/aromatic N) is 2. The molecule has 1 aliphatic rings. The van der Waals surface area contributed by atoms with Crippen LogP contribution in [0.5, 0.6) is 0 Å². The van der Waals surface area contributed by atoms with Crippen LogP contribution in [0, 0.1) is 6.92 Å². The molecule has 0 spiro atoms. The molecular formula is C20H22N4O. The number of urea groups is 1. The van der Waals surface area contributed by atoms with Crippen LogP contribution in [0.25, 0.3) is 10.9 Å². The van der Waals surface area contributed by atoms with Crippen LogP contribution in [0.2, 0.25) is 0 Å². The molecule has 4 rings (SSSR count). The predicted molar refractivity (Wildman–Crippen MR) is 99.8 cm³/mol. The van der Waals surface area contributed by atoms with Gasteiger partial charge in [0, 0.05) is 24.4 Å². The first-order valence-electron chi connectivity index (χ1n) is 8.75. The van der Waals surface area contributed by atoms with Gasteiger partial charge in [-0.2, -0.15) is 5.10 Å². The van der Waals surface area contributed by atoms with E-state index in [0.717, 1.165) is 42.5 Å². The summed E-state index contributed by atoms with van der Waals surface area (Å²) >= 11 is 0. The number of para-hydroxylation sites is 1. The van der Waals surface area contributed by atoms with E-state index in [9.17, 15) is 4.79 Å². The summed E-state index contributed by atoms with van der Waals surface area (Å²) in [5.41, 5.74) is 4.24. The third kappa shape index (κ3) is 3.22. The molecule has 1 atom stereocenters. The van der Waals surface area contributed by atoms with E-state index in [4.69, 9.17) is 0 Å². The highest BCUT2D eigenvalue weighted by Gasteiger charge is 2.25. The number of hydrogen-bond acceptors (Lipinski definition) is 2. The Labute approximate surface area is 147 Å². The zero-order valence-electron chi connectivity index (χ0n) is 14.3. The number of hydrogen-bond donors (Lipinski definition) is 2. The van der Waals surface area contributed by atoms with Crippen molar-refractivity contribution < 1.29 is 4.79 Å². The molecule has 1 unspecified atom stereocenters. The average Bonchev–Trinajstić information content (AvgIpc) is 3.12. The van der Waals surface area contributed by atoms with Crippen LogP contribution in [0.3, 0.4) is 0 Å². The number of fused-ring (bicyclic) bond motifs is 1. The van der Waals surface area contributed by atoms with Crippen molar-refractivity contribution in [1.82, 2.24) is 15.1 Å². The first kappa shape index (κ1) is 15.7. The number of piperidine rings is 1. The molecule has 5 heteroatoms. The normalized spacial score (nSPS) is 17.6. The number of anilines is 1. The summed E-state index contributed by atoms with van der Waals surface area (Å²) in [6.45, 7) is 3.67. The summed E-state index contributed by atoms with van der Waals surface area (Å²) in [5, 5.41) is 11.0. The Balaban J connectivity index is 1.49. The molecule has 5 nitrogen and oxygen atoms in total. The molecular weight excluding hydrogens is 312 g/mol. The first-order valence-corrected chi connectivity index (χ1v) is 8.75. The Morgan fingerprint density at radius 1 is 1.28 bits per heavy atom. The summed E-state index contributed by atoms with van der Waals surface area (Å²) in [5.74, 6) is 0.405. The van der Waals surface area contributed by atoms with E-state index in [1.165, 1.54) is 11.1 Å². The van der Waals surface area contributed by atoms with Crippen molar-refractivity contribution in [3.8, 4) is 0 Å². The molecule has 0 aliphatic carbocycles. The van der Waals surface area contributed by atoms with Crippen molar-refractivity contribution in [2.45, 2.75) is 25.7 Å². The predicted octanol–water partition coefficient (Wildman–Crippen LogP) is 4.28. The fourth-order valence-corrected chi connectivity index (χ4v) is 3.63. The molecule has 0 saturated carbocycles. The Kier molecular flexibility index (Phi) is 4.14. The number of nitrogens with one attached hydrogen (secondary N) is 2. The van der Waals surface area contributed by atoms with E-state index in [2.05, 4.69) is 46.7 Å². The van der Waals surface area contributed by atoms with Gasteiger partial charge in [-0.05, 0) is 31.4 Å². The van der Waals surface area contributed by atoms with Gasteiger partial charge in [-0.15, -0.1) is 0 Å². The Bertz CT molecular complexity index is 901. The number of likely N-dealkylation sites (tertiary alicyclic amines) is 1. The van der Waals surface area contributed by atoms with Gasteiger partial charge >= 0.3 is 6.03 Å². The maximum Gasteiger partial charge on any atom is 0.321 e. The van der Waals surface area contributed by atoms with Gasteiger partial charge in [0.25, 0.3) is 0 Å². The molecule has 128 valence electrons. The van der Waals surface area contributed by atoms with Crippen molar-refractivity contribution in [2.75, 3.05) is 18.4 Å². The monoisotopic (exact) mass is 334 g/mol. The zero-order chi connectivity index (χ0) is 17.2. The van der Waals surface area contributed by atoms with Gasteiger partial charge in [0.2, 0.25) is 0 Å². The van der Waals surface area contributed by atoms with Gasteiger partial charge in [0.15, 0.2) is 0 Å². The minimum atomic E-state index is -0.0422. The molecule has 0 bridgehead atoms. The second-order valence-corrected chi connectivity index (χ2v) is 6.77. The van der Waals surface area contributed by atoms with Gasteiger partial charge in [-0.1, -0.05) is 42.0 Å². The number of carbonyl (C=O) groups is 1. The van der Waals surface area contributed by atoms with E-state index in [1.807, 2.05) is 23.1 Å². The standard InChI is InChI=1S/C20H22N4O/c1-14-5-2-6-15(11-14)17-8-4-10-24(13-17)20(25)22-18-9-3-7-16-12-21-23-19(16)18/h2-3,5-7,9,11-12,17H,4,8,10,13H2,1H3,(H,21,23)(H,22,25). The Hall–Kier alpha value is -2.82. The fraction of sp³-hybridized carbons (Fsp3) is 0.300. The smallest absolute Gasteiger partial charge is 0.321 e. The van der Waals surface area contributed by atoms with Crippen LogP contribution in [0.1, 0.15) is 29.9 Å². The SMILES string of the molecule is Cc1cccc(C2CCCN(C(=O)Nc3cccc4cn[nH]c34)C2)c1. The molecule has 2 aromatic carbocycles. The second-order valence-electron chi connectivity index (χ2n) is 6.77. The summed E-state index contributed by atoms with van der Waals surface area (Å²) in [6, 6.07) is 14.4. The summed E-state index contributed by atoms with van der Waals surface area (Å²) in [6.07, 6.45) is 3.92. The maximum atomic E-state index is 12.8. The fourth-order valence-electron chi connectivity index (χ4n) is 3.63. The van der Waals surface area contributed by atoms with Gasteiger partial charge in [-0.25, -0.2) is 4.79 Å². The van der Waals surface area contributed by atoms with Gasteiger partial charge in [0.05, 0.1) is 17.4 Å². The molecule has 25 heavy (non-hydrogen) atoms. The van der Waals surface area contributed by atoms with E-state index < -0.39 is 0 Å². The second kappa shape index (κ2) is 6.59. The van der Waals surface area contributed by atoms with E-state index in [-0.39, 0.29) is 6.03 Å². The van der Waals surface area contributed by atoms with Gasteiger partial charge in [-0.3, -0.25) is 5.10 Å². The van der Waals surface area contributed by atoms with E-state index >= 15 is 0 Å². The van der Waals surface area contributed by atoms with E-state index in [0.29, 0.717) is 5.92 Å². The number of rotatable bonds is 2. The Morgan fingerprint density at radius 2 is 2.16 bits per heavy atom. The van der Waals surface area contributed by atoms with Crippen LogP contribution < -0.4 is 5.32 Å². The minimum Gasteiger partial charge on any atom is -0.324 e. The molecule has 2 heterocycles. The highest BCUT2D eigenvalue weighted by Crippen LogP contribution is 2.28. The van der Waals surface area contributed by atoms with Crippen LogP contribution >= 0.6 is 0 Å². The average molecular weight is 334 g/mol. The number of carbonyl (C=O) groups excluding carboxylic acids is 1. The van der Waals surface area contributed by atoms with Gasteiger partial charge in [0.1, 0.15) is 0 Å². The molecule has 1 fully saturated rings. The molecule has 1 aliphatic heterocycles. The Morgan fingerprint density at radius 3 is 3.04 bits per heavy atom. The topological polar surface area (TPSA) is 61.0 Å². The van der Waals surface area contributed by atoms with Crippen LogP contribution in [0.15, 0.2) is 48.7 Å². The maximum absolute atomic E-state index is 12.8. The van der Waals surface area contributed by atoms with Crippen molar-refractivity contribution in [3.63, 3.8) is 0 Å². The number of H-pyrrole nitrogens is 1. The lowest BCUT2D eigenvalue weighted by molar-refractivity contribution is 0.193. The minimum absolute atomic E-state index is 0.0422. The summed E-state index contributed by atoms with van der Waals surface area (Å²) in [7, 11) is 0. The van der Waals surface area contributed by atoms with Crippen molar-refractivity contribution in [1.29, 1.82) is 0 Å².